The van der Waals surface area contributed by atoms with Crippen molar-refractivity contribution < 1.29 is 9.59 Å². The fourth-order valence-corrected chi connectivity index (χ4v) is 5.57. The zero-order valence-electron chi connectivity index (χ0n) is 23.5. The van der Waals surface area contributed by atoms with E-state index in [0.29, 0.717) is 31.1 Å². The lowest BCUT2D eigenvalue weighted by Crippen LogP contribution is -2.50. The molecule has 0 aliphatic carbocycles. The molecule has 0 spiro atoms. The van der Waals surface area contributed by atoms with E-state index in [4.69, 9.17) is 11.6 Å². The van der Waals surface area contributed by atoms with Crippen LogP contribution in [-0.2, 0) is 16.0 Å². The van der Waals surface area contributed by atoms with E-state index in [1.165, 1.54) is 17.2 Å². The molecule has 0 saturated carbocycles. The predicted octanol–water partition coefficient (Wildman–Crippen LogP) is 6.10. The summed E-state index contributed by atoms with van der Waals surface area (Å²) in [5, 5.41) is 7.27. The number of nitrogens with zero attached hydrogens (tertiary/aromatic N) is 1. The largest absolute Gasteiger partial charge is 0.351 e. The fraction of sp³-hybridized carbons (Fsp3) is 0.222. The molecule has 1 aliphatic heterocycles. The van der Waals surface area contributed by atoms with Gasteiger partial charge in [0, 0.05) is 42.7 Å². The van der Waals surface area contributed by atoms with Crippen LogP contribution in [-0.4, -0.2) is 48.4 Å². The molecule has 42 heavy (non-hydrogen) atoms. The summed E-state index contributed by atoms with van der Waals surface area (Å²) in [6.07, 6.45) is 4.61. The second-order valence-corrected chi connectivity index (χ2v) is 11.1. The Balaban J connectivity index is 1.31. The molecule has 0 aromatic heterocycles. The molecule has 2 N–H and O–H groups in total. The molecule has 214 valence electrons. The number of rotatable bonds is 10. The molecule has 5 rings (SSSR count). The summed E-state index contributed by atoms with van der Waals surface area (Å²) in [7, 11) is 0. The monoisotopic (exact) mass is 577 g/mol. The average Bonchev–Trinajstić information content (AvgIpc) is 3.17. The molecule has 1 saturated heterocycles. The molecule has 2 amide bonds. The van der Waals surface area contributed by atoms with Crippen molar-refractivity contribution in [3.63, 3.8) is 0 Å². The van der Waals surface area contributed by atoms with Crippen molar-refractivity contribution in [2.24, 2.45) is 0 Å². The number of halogens is 1. The van der Waals surface area contributed by atoms with E-state index in [2.05, 4.69) is 71.3 Å². The Morgan fingerprint density at radius 1 is 0.881 bits per heavy atom. The highest BCUT2D eigenvalue weighted by molar-refractivity contribution is 6.30. The van der Waals surface area contributed by atoms with Gasteiger partial charge in [0.05, 0.1) is 6.04 Å². The van der Waals surface area contributed by atoms with Crippen LogP contribution in [0.1, 0.15) is 34.6 Å². The number of carbonyl (C=O) groups is 2. The summed E-state index contributed by atoms with van der Waals surface area (Å²) in [4.78, 5) is 28.7. The van der Waals surface area contributed by atoms with Gasteiger partial charge in [0.1, 0.15) is 0 Å². The highest BCUT2D eigenvalue weighted by Gasteiger charge is 2.32. The first kappa shape index (κ1) is 29.3. The minimum atomic E-state index is -0.395. The lowest BCUT2D eigenvalue weighted by Gasteiger charge is -2.29. The molecule has 4 aromatic carbocycles. The van der Waals surface area contributed by atoms with Crippen LogP contribution in [0.4, 0.5) is 0 Å². The Hall–Kier alpha value is -4.19. The molecule has 0 unspecified atom stereocenters. The average molecular weight is 578 g/mol. The first-order valence-electron chi connectivity index (χ1n) is 14.5. The number of carbonyl (C=O) groups excluding carboxylic acids is 2. The van der Waals surface area contributed by atoms with Gasteiger partial charge in [-0.2, -0.15) is 0 Å². The maximum Gasteiger partial charge on any atom is 0.244 e. The fourth-order valence-electron chi connectivity index (χ4n) is 5.44. The van der Waals surface area contributed by atoms with Crippen molar-refractivity contribution >= 4 is 29.5 Å². The lowest BCUT2D eigenvalue weighted by molar-refractivity contribution is -0.132. The number of hydrogen-bond donors (Lipinski definition) is 2. The van der Waals surface area contributed by atoms with Gasteiger partial charge >= 0.3 is 0 Å². The highest BCUT2D eigenvalue weighted by atomic mass is 35.5. The van der Waals surface area contributed by atoms with E-state index in [0.717, 1.165) is 17.5 Å². The van der Waals surface area contributed by atoms with Gasteiger partial charge in [0.25, 0.3) is 0 Å². The molecule has 6 heteroatoms. The second kappa shape index (κ2) is 14.6. The topological polar surface area (TPSA) is 61.4 Å². The normalized spacial score (nSPS) is 17.4. The lowest BCUT2D eigenvalue weighted by atomic mass is 9.90. The Morgan fingerprint density at radius 3 is 2.10 bits per heavy atom. The van der Waals surface area contributed by atoms with Crippen molar-refractivity contribution in [3.05, 3.63) is 149 Å². The Labute approximate surface area is 253 Å². The van der Waals surface area contributed by atoms with Crippen molar-refractivity contribution in [1.82, 2.24) is 15.5 Å². The van der Waals surface area contributed by atoms with E-state index < -0.39 is 6.04 Å². The standard InChI is InChI=1S/C36H36ClN3O2/c37-31-19-16-27(17-20-31)18-21-35(41)38-25-32-22-23-40(36(42)34(39-32)24-28-10-4-1-5-11-28)26-33(29-12-6-2-7-13-29)30-14-8-3-9-15-30/h1-21,32-34,39H,22-26H2,(H,38,41)/t32-,34-/m0/s1. The molecule has 4 aromatic rings. The zero-order valence-corrected chi connectivity index (χ0v) is 24.3. The third-order valence-electron chi connectivity index (χ3n) is 7.70. The van der Waals surface area contributed by atoms with Crippen LogP contribution in [0.2, 0.25) is 5.02 Å². The van der Waals surface area contributed by atoms with Crippen LogP contribution in [0.25, 0.3) is 6.08 Å². The van der Waals surface area contributed by atoms with Crippen LogP contribution >= 0.6 is 11.6 Å². The van der Waals surface area contributed by atoms with Crippen molar-refractivity contribution in [2.45, 2.75) is 30.8 Å². The van der Waals surface area contributed by atoms with Gasteiger partial charge in [-0.3, -0.25) is 9.59 Å². The summed E-state index contributed by atoms with van der Waals surface area (Å²) in [5.74, 6) is -0.0258. The minimum Gasteiger partial charge on any atom is -0.351 e. The van der Waals surface area contributed by atoms with Crippen LogP contribution in [0.15, 0.2) is 121 Å². The zero-order chi connectivity index (χ0) is 29.1. The van der Waals surface area contributed by atoms with E-state index in [1.807, 2.05) is 47.4 Å². The predicted molar refractivity (Wildman–Crippen MR) is 170 cm³/mol. The number of hydrogen-bond acceptors (Lipinski definition) is 3. The number of amides is 2. The highest BCUT2D eigenvalue weighted by Crippen LogP contribution is 2.27. The van der Waals surface area contributed by atoms with Crippen LogP contribution in [0.3, 0.4) is 0 Å². The molecule has 1 fully saturated rings. The van der Waals surface area contributed by atoms with Crippen LogP contribution in [0.5, 0.6) is 0 Å². The summed E-state index contributed by atoms with van der Waals surface area (Å²) < 4.78 is 0. The van der Waals surface area contributed by atoms with E-state index in [-0.39, 0.29) is 23.8 Å². The molecule has 0 bridgehead atoms. The SMILES string of the molecule is O=C(C=Cc1ccc(Cl)cc1)NC[C@@H]1CCN(CC(c2ccccc2)c2ccccc2)C(=O)[C@H](Cc2ccccc2)N1. The Morgan fingerprint density at radius 2 is 1.48 bits per heavy atom. The number of benzene rings is 4. The summed E-state index contributed by atoms with van der Waals surface area (Å²) in [6.45, 7) is 1.62. The van der Waals surface area contributed by atoms with Gasteiger partial charge in [-0.05, 0) is 53.3 Å². The molecule has 5 nitrogen and oxygen atoms in total. The van der Waals surface area contributed by atoms with Crippen LogP contribution < -0.4 is 10.6 Å². The molecule has 1 aliphatic rings. The first-order chi connectivity index (χ1) is 20.5. The molecular formula is C36H36ClN3O2. The maximum atomic E-state index is 14.1. The Kier molecular flexibility index (Phi) is 10.2. The first-order valence-corrected chi connectivity index (χ1v) is 14.8. The molecular weight excluding hydrogens is 542 g/mol. The van der Waals surface area contributed by atoms with Gasteiger partial charge in [-0.15, -0.1) is 0 Å². The third kappa shape index (κ3) is 8.19. The quantitative estimate of drug-likeness (QED) is 0.224. The summed E-state index contributed by atoms with van der Waals surface area (Å²) in [6, 6.07) is 37.8. The van der Waals surface area contributed by atoms with E-state index in [1.54, 1.807) is 18.2 Å². The van der Waals surface area contributed by atoms with Gasteiger partial charge in [0.15, 0.2) is 0 Å². The van der Waals surface area contributed by atoms with Gasteiger partial charge in [-0.25, -0.2) is 0 Å². The van der Waals surface area contributed by atoms with Gasteiger partial charge < -0.3 is 15.5 Å². The summed E-state index contributed by atoms with van der Waals surface area (Å²) in [5.41, 5.74) is 4.37. The minimum absolute atomic E-state index is 0.0487. The Bertz CT molecular complexity index is 1420. The van der Waals surface area contributed by atoms with E-state index >= 15 is 0 Å². The number of nitrogens with one attached hydrogen (secondary N) is 2. The summed E-state index contributed by atoms with van der Waals surface area (Å²) >= 11 is 5.96. The third-order valence-corrected chi connectivity index (χ3v) is 7.96. The molecule has 2 atom stereocenters. The van der Waals surface area contributed by atoms with Crippen molar-refractivity contribution in [3.8, 4) is 0 Å². The van der Waals surface area contributed by atoms with Gasteiger partial charge in [-0.1, -0.05) is 115 Å². The van der Waals surface area contributed by atoms with Gasteiger partial charge in [0.2, 0.25) is 11.8 Å². The van der Waals surface area contributed by atoms with Crippen molar-refractivity contribution in [2.75, 3.05) is 19.6 Å². The smallest absolute Gasteiger partial charge is 0.244 e. The van der Waals surface area contributed by atoms with E-state index in [9.17, 15) is 9.59 Å². The van der Waals surface area contributed by atoms with Crippen LogP contribution in [0, 0.1) is 0 Å². The van der Waals surface area contributed by atoms with Crippen molar-refractivity contribution in [1.29, 1.82) is 0 Å². The second-order valence-electron chi connectivity index (χ2n) is 10.7. The maximum absolute atomic E-state index is 14.1. The molecule has 0 radical (unpaired) electrons. The molecule has 1 heterocycles.